The van der Waals surface area contributed by atoms with Crippen LogP contribution >= 0.6 is 0 Å². The van der Waals surface area contributed by atoms with E-state index in [1.165, 1.54) is 0 Å². The highest BCUT2D eigenvalue weighted by molar-refractivity contribution is 5.94. The molecule has 0 saturated carbocycles. The van der Waals surface area contributed by atoms with Gasteiger partial charge in [0.15, 0.2) is 0 Å². The lowest BCUT2D eigenvalue weighted by Crippen LogP contribution is -2.38. The average molecular weight is 309 g/mol. The fourth-order valence-electron chi connectivity index (χ4n) is 2.45. The summed E-state index contributed by atoms with van der Waals surface area (Å²) >= 11 is 0. The molecule has 0 aromatic carbocycles. The van der Waals surface area contributed by atoms with Crippen LogP contribution in [0.4, 0.5) is 0 Å². The first kappa shape index (κ1) is 16.3. The molecule has 0 saturated heterocycles. The van der Waals surface area contributed by atoms with Gasteiger partial charge in [0, 0.05) is 6.42 Å². The number of methoxy groups -OCH3 is 3. The fraction of sp³-hybridized carbons (Fsp3) is 0.667. The third-order valence-corrected chi connectivity index (χ3v) is 3.68. The maximum atomic E-state index is 5.43. The van der Waals surface area contributed by atoms with E-state index in [0.717, 1.165) is 5.56 Å². The Morgan fingerprint density at radius 2 is 1.73 bits per heavy atom. The maximum absolute atomic E-state index is 5.43. The molecule has 7 nitrogen and oxygen atoms in total. The number of aromatic nitrogens is 1. The van der Waals surface area contributed by atoms with Gasteiger partial charge < -0.3 is 18.7 Å². The van der Waals surface area contributed by atoms with E-state index in [2.05, 4.69) is 29.0 Å². The smallest absolute Gasteiger partial charge is 0.257 e. The van der Waals surface area contributed by atoms with Gasteiger partial charge in [-0.05, 0) is 18.0 Å². The van der Waals surface area contributed by atoms with Crippen LogP contribution in [0.1, 0.15) is 25.2 Å². The molecular weight excluding hydrogens is 286 g/mol. The number of aryl methyl sites for hydroxylation is 1. The Bertz CT molecular complexity index is 577. The molecule has 1 aromatic rings. The van der Waals surface area contributed by atoms with E-state index in [1.807, 2.05) is 6.92 Å². The third kappa shape index (κ3) is 3.08. The summed E-state index contributed by atoms with van der Waals surface area (Å²) in [5.74, 6) is 2.65. The summed E-state index contributed by atoms with van der Waals surface area (Å²) in [6, 6.07) is -0.399. The molecule has 2 atom stereocenters. The minimum atomic E-state index is -0.276. The molecule has 1 aliphatic heterocycles. The van der Waals surface area contributed by atoms with E-state index < -0.39 is 0 Å². The molecule has 122 valence electrons. The molecule has 0 amide bonds. The zero-order valence-corrected chi connectivity index (χ0v) is 13.9. The number of hydrogen-bond acceptors (Lipinski definition) is 7. The van der Waals surface area contributed by atoms with Crippen LogP contribution in [0.2, 0.25) is 0 Å². The molecule has 0 bridgehead atoms. The van der Waals surface area contributed by atoms with E-state index in [0.29, 0.717) is 29.9 Å². The Kier molecular flexibility index (Phi) is 5.05. The van der Waals surface area contributed by atoms with Gasteiger partial charge in [0.2, 0.25) is 11.8 Å². The zero-order chi connectivity index (χ0) is 16.3. The Labute approximate surface area is 130 Å². The fourth-order valence-corrected chi connectivity index (χ4v) is 2.45. The molecule has 0 radical (unpaired) electrons. The SMILES string of the molecule is COC1=N[C@H](C(C)C)C(OC)=N[C@H]1Cc1c(OC)noc1C. The summed E-state index contributed by atoms with van der Waals surface area (Å²) in [4.78, 5) is 9.31. The van der Waals surface area contributed by atoms with Gasteiger partial charge in [-0.1, -0.05) is 13.8 Å². The van der Waals surface area contributed by atoms with Gasteiger partial charge in [0.25, 0.3) is 5.88 Å². The number of ether oxygens (including phenoxy) is 3. The van der Waals surface area contributed by atoms with Crippen molar-refractivity contribution in [2.24, 2.45) is 15.9 Å². The van der Waals surface area contributed by atoms with Gasteiger partial charge in [-0.3, -0.25) is 0 Å². The van der Waals surface area contributed by atoms with Gasteiger partial charge in [-0.15, -0.1) is 0 Å². The van der Waals surface area contributed by atoms with Gasteiger partial charge >= 0.3 is 0 Å². The Balaban J connectivity index is 2.31. The van der Waals surface area contributed by atoms with Gasteiger partial charge in [-0.25, -0.2) is 9.98 Å². The molecule has 2 heterocycles. The molecule has 0 spiro atoms. The number of nitrogens with zero attached hydrogens (tertiary/aromatic N) is 3. The summed E-state index contributed by atoms with van der Waals surface area (Å²) in [6.45, 7) is 5.99. The lowest BCUT2D eigenvalue weighted by atomic mass is 10.0. The molecule has 0 aliphatic carbocycles. The molecule has 22 heavy (non-hydrogen) atoms. The Hall–Kier alpha value is -2.05. The Morgan fingerprint density at radius 1 is 1.05 bits per heavy atom. The van der Waals surface area contributed by atoms with Crippen molar-refractivity contribution in [1.82, 2.24) is 5.16 Å². The standard InChI is InChI=1S/C15H23N3O4/c1-8(2)12-15(21-6)16-11(14(17-12)20-5)7-10-9(3)22-18-13(10)19-4/h8,11-12H,7H2,1-6H3/t11-,12+/m0/s1. The average Bonchev–Trinajstić information content (AvgIpc) is 2.86. The van der Waals surface area contributed by atoms with E-state index in [9.17, 15) is 0 Å². The molecule has 7 heteroatoms. The lowest BCUT2D eigenvalue weighted by molar-refractivity contribution is 0.329. The van der Waals surface area contributed by atoms with Crippen molar-refractivity contribution in [1.29, 1.82) is 0 Å². The first-order valence-corrected chi connectivity index (χ1v) is 7.24. The quantitative estimate of drug-likeness (QED) is 0.850. The molecule has 1 aromatic heterocycles. The van der Waals surface area contributed by atoms with Crippen molar-refractivity contribution in [2.45, 2.75) is 39.3 Å². The predicted molar refractivity (Wildman–Crippen MR) is 82.8 cm³/mol. The van der Waals surface area contributed by atoms with Crippen LogP contribution in [0, 0.1) is 12.8 Å². The molecule has 0 fully saturated rings. The van der Waals surface area contributed by atoms with Crippen LogP contribution in [-0.2, 0) is 15.9 Å². The van der Waals surface area contributed by atoms with Crippen molar-refractivity contribution >= 4 is 11.8 Å². The minimum Gasteiger partial charge on any atom is -0.483 e. The second kappa shape index (κ2) is 6.81. The summed E-state index contributed by atoms with van der Waals surface area (Å²) in [5.41, 5.74) is 0.861. The van der Waals surface area contributed by atoms with Crippen LogP contribution in [-0.4, -0.2) is 50.4 Å². The maximum Gasteiger partial charge on any atom is 0.257 e. The lowest BCUT2D eigenvalue weighted by Gasteiger charge is -2.26. The normalized spacial score (nSPS) is 21.4. The van der Waals surface area contributed by atoms with Crippen LogP contribution in [0.25, 0.3) is 0 Å². The Morgan fingerprint density at radius 3 is 2.27 bits per heavy atom. The molecular formula is C15H23N3O4. The third-order valence-electron chi connectivity index (χ3n) is 3.68. The number of rotatable bonds is 4. The highest BCUT2D eigenvalue weighted by Gasteiger charge is 2.32. The van der Waals surface area contributed by atoms with E-state index in [4.69, 9.17) is 18.7 Å². The second-order valence-electron chi connectivity index (χ2n) is 5.48. The van der Waals surface area contributed by atoms with Crippen LogP contribution < -0.4 is 4.74 Å². The predicted octanol–water partition coefficient (Wildman–Crippen LogP) is 2.03. The van der Waals surface area contributed by atoms with Crippen LogP contribution in [0.15, 0.2) is 14.5 Å². The summed E-state index contributed by atoms with van der Waals surface area (Å²) in [7, 11) is 4.78. The highest BCUT2D eigenvalue weighted by Crippen LogP contribution is 2.26. The van der Waals surface area contributed by atoms with Gasteiger partial charge in [0.1, 0.15) is 17.8 Å². The van der Waals surface area contributed by atoms with Gasteiger partial charge in [-0.2, -0.15) is 0 Å². The van der Waals surface area contributed by atoms with Crippen molar-refractivity contribution in [2.75, 3.05) is 21.3 Å². The van der Waals surface area contributed by atoms with E-state index in [-0.39, 0.29) is 18.0 Å². The first-order valence-electron chi connectivity index (χ1n) is 7.24. The molecule has 0 unspecified atom stereocenters. The van der Waals surface area contributed by atoms with E-state index in [1.54, 1.807) is 21.3 Å². The molecule has 0 N–H and O–H groups in total. The topological polar surface area (TPSA) is 78.4 Å². The monoisotopic (exact) mass is 309 g/mol. The molecule has 2 rings (SSSR count). The highest BCUT2D eigenvalue weighted by atomic mass is 16.5. The van der Waals surface area contributed by atoms with Crippen molar-refractivity contribution in [3.05, 3.63) is 11.3 Å². The summed E-state index contributed by atoms with van der Waals surface area (Å²) < 4.78 is 21.2. The number of hydrogen-bond donors (Lipinski definition) is 0. The van der Waals surface area contributed by atoms with Crippen molar-refractivity contribution in [3.8, 4) is 5.88 Å². The minimum absolute atomic E-state index is 0.123. The van der Waals surface area contributed by atoms with Crippen molar-refractivity contribution in [3.63, 3.8) is 0 Å². The van der Waals surface area contributed by atoms with Gasteiger partial charge in [0.05, 0.1) is 26.9 Å². The second-order valence-corrected chi connectivity index (χ2v) is 5.48. The zero-order valence-electron chi connectivity index (χ0n) is 13.9. The van der Waals surface area contributed by atoms with Crippen molar-refractivity contribution < 1.29 is 18.7 Å². The first-order chi connectivity index (χ1) is 10.5. The number of aliphatic imine (C=N–C) groups is 2. The van der Waals surface area contributed by atoms with E-state index >= 15 is 0 Å². The summed E-state index contributed by atoms with van der Waals surface area (Å²) in [6.07, 6.45) is 0.531. The van der Waals surface area contributed by atoms with Crippen LogP contribution in [0.3, 0.4) is 0 Å². The largest absolute Gasteiger partial charge is 0.483 e. The van der Waals surface area contributed by atoms with Crippen LogP contribution in [0.5, 0.6) is 5.88 Å². The molecule has 1 aliphatic rings. The summed E-state index contributed by atoms with van der Waals surface area (Å²) in [5, 5.41) is 3.88.